The van der Waals surface area contributed by atoms with Crippen LogP contribution in [-0.4, -0.2) is 23.8 Å². The minimum Gasteiger partial charge on any atom is -0.369 e. The Hall–Kier alpha value is -3.13. The van der Waals surface area contributed by atoms with E-state index in [0.717, 1.165) is 47.9 Å². The van der Waals surface area contributed by atoms with Gasteiger partial charge in [-0.15, -0.1) is 0 Å². The van der Waals surface area contributed by atoms with Gasteiger partial charge < -0.3 is 5.73 Å². The number of benzene rings is 2. The smallest absolute Gasteiger partial charge is 0.231 e. The lowest BCUT2D eigenvalue weighted by Gasteiger charge is -2.44. The summed E-state index contributed by atoms with van der Waals surface area (Å²) >= 11 is 0. The molecule has 1 saturated carbocycles. The third kappa shape index (κ3) is 3.47. The van der Waals surface area contributed by atoms with Gasteiger partial charge in [0, 0.05) is 7.05 Å². The Labute approximate surface area is 178 Å². The van der Waals surface area contributed by atoms with Crippen LogP contribution in [0.5, 0.6) is 0 Å². The lowest BCUT2D eigenvalue weighted by atomic mass is 9.67. The third-order valence-electron chi connectivity index (χ3n) is 6.76. The van der Waals surface area contributed by atoms with Gasteiger partial charge in [0.2, 0.25) is 5.91 Å². The van der Waals surface area contributed by atoms with Gasteiger partial charge in [-0.05, 0) is 66.1 Å². The lowest BCUT2D eigenvalue weighted by Crippen LogP contribution is -2.51. The summed E-state index contributed by atoms with van der Waals surface area (Å²) in [6.07, 6.45) is 6.02. The first-order valence-corrected chi connectivity index (χ1v) is 10.7. The minimum absolute atomic E-state index is 0.0179. The number of aliphatic imine (C=N–C) groups is 1. The fourth-order valence-corrected chi connectivity index (χ4v) is 5.02. The highest BCUT2D eigenvalue weighted by Crippen LogP contribution is 2.48. The summed E-state index contributed by atoms with van der Waals surface area (Å²) in [7, 11) is 1.70. The summed E-state index contributed by atoms with van der Waals surface area (Å²) in [6.45, 7) is 2.09. The molecule has 154 valence electrons. The van der Waals surface area contributed by atoms with Crippen LogP contribution in [0, 0.1) is 24.2 Å². The van der Waals surface area contributed by atoms with Gasteiger partial charge >= 0.3 is 0 Å². The topological polar surface area (TPSA) is 82.5 Å². The normalized spacial score (nSPS) is 22.5. The molecule has 1 aliphatic heterocycles. The zero-order valence-corrected chi connectivity index (χ0v) is 17.7. The molecule has 2 aromatic carbocycles. The number of nitrogens with two attached hydrogens (primary N) is 1. The molecule has 1 aliphatic carbocycles. The molecule has 5 nitrogen and oxygen atoms in total. The molecule has 0 saturated heterocycles. The van der Waals surface area contributed by atoms with Crippen molar-refractivity contribution in [3.05, 3.63) is 59.2 Å². The molecule has 2 N–H and O–H groups in total. The monoisotopic (exact) mass is 400 g/mol. The molecule has 0 radical (unpaired) electrons. The molecule has 1 fully saturated rings. The number of amides is 1. The number of aryl methyl sites for hydroxylation is 1. The first-order chi connectivity index (χ1) is 14.4. The fraction of sp³-hybridized carbons (Fsp3) is 0.400. The van der Waals surface area contributed by atoms with Crippen molar-refractivity contribution >= 4 is 11.9 Å². The summed E-state index contributed by atoms with van der Waals surface area (Å²) in [5.41, 5.74) is 10.5. The second-order valence-electron chi connectivity index (χ2n) is 8.58. The van der Waals surface area contributed by atoms with E-state index >= 15 is 0 Å². The van der Waals surface area contributed by atoms with Crippen molar-refractivity contribution in [2.24, 2.45) is 16.6 Å². The molecule has 2 aliphatic rings. The number of hydrogen-bond donors (Lipinski definition) is 1. The summed E-state index contributed by atoms with van der Waals surface area (Å²) in [5, 5.41) is 9.28. The zero-order chi connectivity index (χ0) is 21.3. The van der Waals surface area contributed by atoms with E-state index in [2.05, 4.69) is 31.2 Å². The molecular formula is C25H28N4O. The minimum atomic E-state index is -0.624. The molecule has 0 unspecified atom stereocenters. The first kappa shape index (κ1) is 20.2. The number of nitriles is 1. The molecule has 30 heavy (non-hydrogen) atoms. The van der Waals surface area contributed by atoms with Gasteiger partial charge in [0.25, 0.3) is 0 Å². The van der Waals surface area contributed by atoms with Crippen LogP contribution in [0.2, 0.25) is 0 Å². The summed E-state index contributed by atoms with van der Waals surface area (Å²) < 4.78 is 0. The van der Waals surface area contributed by atoms with E-state index in [4.69, 9.17) is 10.7 Å². The van der Waals surface area contributed by atoms with Gasteiger partial charge in [0.15, 0.2) is 5.96 Å². The molecule has 0 spiro atoms. The van der Waals surface area contributed by atoms with Crippen LogP contribution in [0.4, 0.5) is 0 Å². The molecular weight excluding hydrogens is 372 g/mol. The Balaban J connectivity index is 1.89. The SMILES string of the molecule is Cc1ccc(-c2cccc(C#N)c2)cc1[C@@]1(C2CCCCC2)CC(=O)N(C)C(N)=N1. The zero-order valence-electron chi connectivity index (χ0n) is 17.7. The van der Waals surface area contributed by atoms with E-state index in [1.54, 1.807) is 7.05 Å². The fourth-order valence-electron chi connectivity index (χ4n) is 5.02. The van der Waals surface area contributed by atoms with Crippen molar-refractivity contribution in [1.29, 1.82) is 5.26 Å². The second kappa shape index (κ2) is 7.95. The predicted octanol–water partition coefficient (Wildman–Crippen LogP) is 4.49. The van der Waals surface area contributed by atoms with Crippen molar-refractivity contribution in [2.75, 3.05) is 7.05 Å². The van der Waals surface area contributed by atoms with Gasteiger partial charge in [-0.1, -0.05) is 43.5 Å². The number of guanidine groups is 1. The number of rotatable bonds is 3. The van der Waals surface area contributed by atoms with Crippen molar-refractivity contribution in [3.63, 3.8) is 0 Å². The largest absolute Gasteiger partial charge is 0.369 e. The van der Waals surface area contributed by atoms with E-state index in [0.29, 0.717) is 23.9 Å². The highest BCUT2D eigenvalue weighted by atomic mass is 16.2. The van der Waals surface area contributed by atoms with Gasteiger partial charge in [-0.2, -0.15) is 5.26 Å². The average molecular weight is 401 g/mol. The van der Waals surface area contributed by atoms with Crippen LogP contribution in [0.15, 0.2) is 47.5 Å². The lowest BCUT2D eigenvalue weighted by molar-refractivity contribution is -0.129. The average Bonchev–Trinajstić information content (AvgIpc) is 2.78. The van der Waals surface area contributed by atoms with E-state index < -0.39 is 5.54 Å². The predicted molar refractivity (Wildman–Crippen MR) is 119 cm³/mol. The van der Waals surface area contributed by atoms with Gasteiger partial charge in [-0.3, -0.25) is 9.69 Å². The summed E-state index contributed by atoms with van der Waals surface area (Å²) in [6, 6.07) is 16.2. The van der Waals surface area contributed by atoms with Crippen molar-refractivity contribution in [1.82, 2.24) is 4.90 Å². The highest BCUT2D eigenvalue weighted by Gasteiger charge is 2.47. The van der Waals surface area contributed by atoms with Gasteiger partial charge in [0.1, 0.15) is 5.54 Å². The first-order valence-electron chi connectivity index (χ1n) is 10.7. The maximum atomic E-state index is 12.9. The van der Waals surface area contributed by atoms with Crippen LogP contribution >= 0.6 is 0 Å². The molecule has 1 amide bonds. The van der Waals surface area contributed by atoms with Crippen LogP contribution in [-0.2, 0) is 10.3 Å². The molecule has 2 aromatic rings. The number of hydrogen-bond acceptors (Lipinski definition) is 4. The number of nitrogens with zero attached hydrogens (tertiary/aromatic N) is 3. The molecule has 4 rings (SSSR count). The number of carbonyl (C=O) groups is 1. The van der Waals surface area contributed by atoms with E-state index in [1.165, 1.54) is 11.3 Å². The van der Waals surface area contributed by atoms with E-state index in [9.17, 15) is 10.1 Å². The van der Waals surface area contributed by atoms with Crippen LogP contribution in [0.3, 0.4) is 0 Å². The molecule has 1 heterocycles. The Morgan fingerprint density at radius 1 is 1.13 bits per heavy atom. The van der Waals surface area contributed by atoms with Crippen molar-refractivity contribution < 1.29 is 4.79 Å². The second-order valence-corrected chi connectivity index (χ2v) is 8.58. The number of carbonyl (C=O) groups excluding carboxylic acids is 1. The maximum absolute atomic E-state index is 12.9. The maximum Gasteiger partial charge on any atom is 0.231 e. The molecule has 5 heteroatoms. The Kier molecular flexibility index (Phi) is 5.34. The summed E-state index contributed by atoms with van der Waals surface area (Å²) in [5.74, 6) is 0.610. The highest BCUT2D eigenvalue weighted by molar-refractivity contribution is 5.99. The van der Waals surface area contributed by atoms with Crippen molar-refractivity contribution in [3.8, 4) is 17.2 Å². The Bertz CT molecular complexity index is 1050. The molecule has 0 bridgehead atoms. The van der Waals surface area contributed by atoms with E-state index in [1.807, 2.05) is 24.3 Å². The summed E-state index contributed by atoms with van der Waals surface area (Å²) in [4.78, 5) is 19.4. The van der Waals surface area contributed by atoms with Gasteiger partial charge in [0.05, 0.1) is 18.1 Å². The quantitative estimate of drug-likeness (QED) is 0.824. The standard InChI is InChI=1S/C25H28N4O/c1-17-11-12-20(19-8-6-7-18(13-19)16-26)14-22(17)25(21-9-4-3-5-10-21)15-23(30)29(2)24(27)28-25/h6-8,11-14,21H,3-5,9-10,15H2,1-2H3,(H2,27,28)/t25-/m0/s1. The third-order valence-corrected chi connectivity index (χ3v) is 6.76. The van der Waals surface area contributed by atoms with Crippen LogP contribution in [0.1, 0.15) is 55.2 Å². The van der Waals surface area contributed by atoms with Crippen LogP contribution < -0.4 is 5.73 Å². The van der Waals surface area contributed by atoms with Crippen molar-refractivity contribution in [2.45, 2.75) is 51.0 Å². The van der Waals surface area contributed by atoms with Gasteiger partial charge in [-0.25, -0.2) is 4.99 Å². The Morgan fingerprint density at radius 3 is 2.57 bits per heavy atom. The molecule has 0 aromatic heterocycles. The van der Waals surface area contributed by atoms with E-state index in [-0.39, 0.29) is 5.91 Å². The van der Waals surface area contributed by atoms with Crippen LogP contribution in [0.25, 0.3) is 11.1 Å². The Morgan fingerprint density at radius 2 is 1.87 bits per heavy atom. The molecule has 1 atom stereocenters.